The van der Waals surface area contributed by atoms with Crippen LogP contribution < -0.4 is 4.74 Å². The molecule has 5 heteroatoms. The number of fused-ring (bicyclic) bond motifs is 2. The highest BCUT2D eigenvalue weighted by Gasteiger charge is 2.47. The van der Waals surface area contributed by atoms with Gasteiger partial charge >= 0.3 is 0 Å². The van der Waals surface area contributed by atoms with E-state index in [1.807, 2.05) is 0 Å². The SMILES string of the molecule is CCCSc1nsnc1OC12CCC(CC1)C2. The van der Waals surface area contributed by atoms with Gasteiger partial charge in [0, 0.05) is 0 Å². The molecule has 3 nitrogen and oxygen atoms in total. The van der Waals surface area contributed by atoms with Gasteiger partial charge in [-0.25, -0.2) is 0 Å². The second kappa shape index (κ2) is 4.76. The fourth-order valence-corrected chi connectivity index (χ4v) is 4.38. The maximum atomic E-state index is 6.24. The Hall–Kier alpha value is -0.290. The smallest absolute Gasteiger partial charge is 0.260 e. The molecule has 2 aliphatic rings. The van der Waals surface area contributed by atoms with Gasteiger partial charge < -0.3 is 4.74 Å². The first-order valence-corrected chi connectivity index (χ1v) is 8.17. The Labute approximate surface area is 111 Å². The number of nitrogens with zero attached hydrogens (tertiary/aromatic N) is 2. The molecule has 2 aliphatic carbocycles. The minimum absolute atomic E-state index is 0.113. The predicted molar refractivity (Wildman–Crippen MR) is 70.9 cm³/mol. The van der Waals surface area contributed by atoms with E-state index in [0.29, 0.717) is 0 Å². The van der Waals surface area contributed by atoms with Gasteiger partial charge in [0.15, 0.2) is 5.03 Å². The van der Waals surface area contributed by atoms with Crippen molar-refractivity contribution in [3.63, 3.8) is 0 Å². The lowest BCUT2D eigenvalue weighted by atomic mass is 9.97. The van der Waals surface area contributed by atoms with Crippen molar-refractivity contribution >= 4 is 23.5 Å². The third kappa shape index (κ3) is 2.32. The van der Waals surface area contributed by atoms with Crippen LogP contribution in [0.4, 0.5) is 0 Å². The molecule has 1 aromatic rings. The Morgan fingerprint density at radius 3 is 2.88 bits per heavy atom. The van der Waals surface area contributed by atoms with E-state index in [0.717, 1.165) is 29.0 Å². The van der Waals surface area contributed by atoms with E-state index >= 15 is 0 Å². The normalized spacial score (nSPS) is 31.0. The van der Waals surface area contributed by atoms with Gasteiger partial charge in [0.05, 0.1) is 11.7 Å². The number of ether oxygens (including phenoxy) is 1. The zero-order valence-electron chi connectivity index (χ0n) is 10.1. The zero-order valence-corrected chi connectivity index (χ0v) is 11.8. The van der Waals surface area contributed by atoms with E-state index in [-0.39, 0.29) is 5.60 Å². The van der Waals surface area contributed by atoms with Crippen molar-refractivity contribution in [2.75, 3.05) is 5.75 Å². The van der Waals surface area contributed by atoms with Crippen LogP contribution in [0.25, 0.3) is 0 Å². The summed E-state index contributed by atoms with van der Waals surface area (Å²) >= 11 is 3.05. The number of thioether (sulfide) groups is 1. The molecule has 0 amide bonds. The minimum Gasteiger partial charge on any atom is -0.468 e. The van der Waals surface area contributed by atoms with Gasteiger partial charge in [-0.1, -0.05) is 18.7 Å². The fourth-order valence-electron chi connectivity index (χ4n) is 3.01. The molecule has 0 aliphatic heterocycles. The topological polar surface area (TPSA) is 35.0 Å². The molecular formula is C12H18N2OS2. The molecule has 0 N–H and O–H groups in total. The van der Waals surface area contributed by atoms with E-state index in [1.54, 1.807) is 11.8 Å². The summed E-state index contributed by atoms with van der Waals surface area (Å²) in [6.07, 6.45) is 7.52. The van der Waals surface area contributed by atoms with E-state index in [1.165, 1.54) is 43.8 Å². The lowest BCUT2D eigenvalue weighted by Gasteiger charge is -2.26. The number of hydrogen-bond acceptors (Lipinski definition) is 5. The van der Waals surface area contributed by atoms with Crippen molar-refractivity contribution in [3.05, 3.63) is 0 Å². The molecule has 1 heterocycles. The Kier molecular flexibility index (Phi) is 3.30. The van der Waals surface area contributed by atoms with E-state index < -0.39 is 0 Å². The van der Waals surface area contributed by atoms with Gasteiger partial charge in [-0.3, -0.25) is 0 Å². The molecule has 0 saturated heterocycles. The molecule has 0 spiro atoms. The maximum absolute atomic E-state index is 6.24. The van der Waals surface area contributed by atoms with Crippen LogP contribution >= 0.6 is 23.5 Å². The summed E-state index contributed by atoms with van der Waals surface area (Å²) in [4.78, 5) is 0. The average Bonchev–Trinajstić information content (AvgIpc) is 3.02. The molecule has 1 aromatic heterocycles. The molecule has 3 rings (SSSR count). The maximum Gasteiger partial charge on any atom is 0.260 e. The first-order valence-electron chi connectivity index (χ1n) is 6.46. The Morgan fingerprint density at radius 2 is 2.24 bits per heavy atom. The summed E-state index contributed by atoms with van der Waals surface area (Å²) < 4.78 is 14.9. The van der Waals surface area contributed by atoms with Crippen LogP contribution in [0.5, 0.6) is 5.88 Å². The van der Waals surface area contributed by atoms with Crippen LogP contribution in [0.15, 0.2) is 5.03 Å². The number of rotatable bonds is 5. The summed E-state index contributed by atoms with van der Waals surface area (Å²) in [5, 5.41) is 1.00. The Morgan fingerprint density at radius 1 is 1.41 bits per heavy atom. The van der Waals surface area contributed by atoms with Crippen LogP contribution in [0, 0.1) is 5.92 Å². The van der Waals surface area contributed by atoms with Crippen molar-refractivity contribution in [2.45, 2.75) is 56.1 Å². The first-order chi connectivity index (χ1) is 8.31. The number of aromatic nitrogens is 2. The molecule has 0 unspecified atom stereocenters. The van der Waals surface area contributed by atoms with Gasteiger partial charge in [-0.05, 0) is 50.2 Å². The predicted octanol–water partition coefficient (Wildman–Crippen LogP) is 3.75. The van der Waals surface area contributed by atoms with Gasteiger partial charge in [0.25, 0.3) is 5.88 Å². The van der Waals surface area contributed by atoms with E-state index in [4.69, 9.17) is 4.74 Å². The highest BCUT2D eigenvalue weighted by molar-refractivity contribution is 7.99. The third-order valence-corrected chi connectivity index (χ3v) is 5.64. The number of hydrogen-bond donors (Lipinski definition) is 0. The van der Waals surface area contributed by atoms with Gasteiger partial charge in [-0.15, -0.1) is 4.37 Å². The molecule has 0 radical (unpaired) electrons. The highest BCUT2D eigenvalue weighted by atomic mass is 32.2. The van der Waals surface area contributed by atoms with Crippen LogP contribution in [0.3, 0.4) is 0 Å². The molecule has 0 aromatic carbocycles. The van der Waals surface area contributed by atoms with Gasteiger partial charge in [0.2, 0.25) is 0 Å². The standard InChI is InChI=1S/C12H18N2OS2/c1-2-7-16-11-10(13-17-14-11)15-12-5-3-9(8-12)4-6-12/h9H,2-8H2,1H3. The molecular weight excluding hydrogens is 252 g/mol. The molecule has 2 saturated carbocycles. The average molecular weight is 270 g/mol. The fraction of sp³-hybridized carbons (Fsp3) is 0.833. The van der Waals surface area contributed by atoms with Crippen LogP contribution in [-0.2, 0) is 0 Å². The lowest BCUT2D eigenvalue weighted by molar-refractivity contribution is 0.0721. The third-order valence-electron chi connectivity index (χ3n) is 3.86. The second-order valence-corrected chi connectivity index (χ2v) is 6.77. The Balaban J connectivity index is 1.70. The molecule has 0 atom stereocenters. The van der Waals surface area contributed by atoms with Crippen molar-refractivity contribution in [2.24, 2.45) is 5.92 Å². The summed E-state index contributed by atoms with van der Waals surface area (Å²) in [6, 6.07) is 0. The van der Waals surface area contributed by atoms with Crippen molar-refractivity contribution in [1.82, 2.24) is 8.75 Å². The van der Waals surface area contributed by atoms with E-state index in [9.17, 15) is 0 Å². The summed E-state index contributed by atoms with van der Waals surface area (Å²) in [6.45, 7) is 2.19. The first kappa shape index (κ1) is 11.8. The second-order valence-electron chi connectivity index (χ2n) is 5.16. The molecule has 2 bridgehead atoms. The molecule has 17 heavy (non-hydrogen) atoms. The van der Waals surface area contributed by atoms with Crippen LogP contribution in [-0.4, -0.2) is 20.1 Å². The largest absolute Gasteiger partial charge is 0.468 e. The van der Waals surface area contributed by atoms with Crippen LogP contribution in [0.1, 0.15) is 45.4 Å². The Bertz CT molecular complexity index is 386. The zero-order chi connectivity index (χ0) is 11.7. The van der Waals surface area contributed by atoms with Gasteiger partial charge in [-0.2, -0.15) is 4.37 Å². The van der Waals surface area contributed by atoms with Crippen molar-refractivity contribution in [1.29, 1.82) is 0 Å². The quantitative estimate of drug-likeness (QED) is 0.763. The molecule has 94 valence electrons. The molecule has 2 fully saturated rings. The van der Waals surface area contributed by atoms with Crippen molar-refractivity contribution < 1.29 is 4.74 Å². The van der Waals surface area contributed by atoms with Gasteiger partial charge in [0.1, 0.15) is 5.60 Å². The monoisotopic (exact) mass is 270 g/mol. The summed E-state index contributed by atoms with van der Waals surface area (Å²) in [5.74, 6) is 2.81. The summed E-state index contributed by atoms with van der Waals surface area (Å²) in [5.41, 5.74) is 0.113. The highest BCUT2D eigenvalue weighted by Crippen LogP contribution is 2.50. The summed E-state index contributed by atoms with van der Waals surface area (Å²) in [7, 11) is 0. The lowest BCUT2D eigenvalue weighted by Crippen LogP contribution is -2.30. The minimum atomic E-state index is 0.113. The van der Waals surface area contributed by atoms with Crippen molar-refractivity contribution in [3.8, 4) is 5.88 Å². The van der Waals surface area contributed by atoms with Crippen LogP contribution in [0.2, 0.25) is 0 Å². The van der Waals surface area contributed by atoms with E-state index in [2.05, 4.69) is 15.7 Å².